The van der Waals surface area contributed by atoms with Gasteiger partial charge in [0.15, 0.2) is 0 Å². The molecule has 0 radical (unpaired) electrons. The van der Waals surface area contributed by atoms with Gasteiger partial charge in [-0.1, -0.05) is 84.4 Å². The zero-order valence-electron chi connectivity index (χ0n) is 14.0. The summed E-state index contributed by atoms with van der Waals surface area (Å²) in [5.74, 6) is -0.185. The molecule has 4 heteroatoms. The van der Waals surface area contributed by atoms with Gasteiger partial charge in [-0.25, -0.2) is 5.01 Å². The fourth-order valence-electron chi connectivity index (χ4n) is 3.20. The SMILES string of the molecule is O=C(c1ccccc1Cl)N1N=C(c2ccccc2)C[C@@H]1c1ccccc1. The van der Waals surface area contributed by atoms with E-state index in [9.17, 15) is 4.79 Å². The third-order valence-corrected chi connectivity index (χ3v) is 4.84. The minimum atomic E-state index is -0.185. The summed E-state index contributed by atoms with van der Waals surface area (Å²) >= 11 is 6.25. The molecule has 1 aliphatic heterocycles. The smallest absolute Gasteiger partial charge is 0.267 e. The molecule has 0 spiro atoms. The van der Waals surface area contributed by atoms with Crippen LogP contribution < -0.4 is 0 Å². The Hall–Kier alpha value is -2.91. The summed E-state index contributed by atoms with van der Waals surface area (Å²) in [5, 5.41) is 6.68. The first-order valence-electron chi connectivity index (χ1n) is 8.50. The highest BCUT2D eigenvalue weighted by molar-refractivity contribution is 6.33. The molecule has 0 saturated heterocycles. The molecule has 0 saturated carbocycles. The molecule has 0 aliphatic carbocycles. The van der Waals surface area contributed by atoms with Crippen molar-refractivity contribution in [3.63, 3.8) is 0 Å². The second kappa shape index (κ2) is 7.14. The topological polar surface area (TPSA) is 32.7 Å². The number of carbonyl (C=O) groups is 1. The lowest BCUT2D eigenvalue weighted by Gasteiger charge is -2.22. The zero-order chi connectivity index (χ0) is 17.9. The molecular formula is C22H17ClN2O. The summed E-state index contributed by atoms with van der Waals surface area (Å²) in [6, 6.07) is 26.9. The molecule has 0 fully saturated rings. The van der Waals surface area contributed by atoms with Gasteiger partial charge >= 0.3 is 0 Å². The van der Waals surface area contributed by atoms with E-state index in [1.807, 2.05) is 72.8 Å². The Morgan fingerprint density at radius 3 is 2.19 bits per heavy atom. The van der Waals surface area contributed by atoms with Crippen LogP contribution in [0.25, 0.3) is 0 Å². The average Bonchev–Trinajstić information content (AvgIpc) is 3.15. The number of rotatable bonds is 3. The van der Waals surface area contributed by atoms with Crippen molar-refractivity contribution in [3.8, 4) is 0 Å². The Morgan fingerprint density at radius 2 is 1.50 bits per heavy atom. The summed E-state index contributed by atoms with van der Waals surface area (Å²) in [5.41, 5.74) is 3.46. The van der Waals surface area contributed by atoms with Gasteiger partial charge in [0.2, 0.25) is 0 Å². The van der Waals surface area contributed by atoms with Gasteiger partial charge in [-0.2, -0.15) is 5.10 Å². The molecule has 0 aromatic heterocycles. The van der Waals surface area contributed by atoms with Gasteiger partial charge < -0.3 is 0 Å². The number of carbonyl (C=O) groups excluding carboxylic acids is 1. The third kappa shape index (κ3) is 3.14. The van der Waals surface area contributed by atoms with E-state index in [1.165, 1.54) is 0 Å². The second-order valence-corrected chi connectivity index (χ2v) is 6.58. The average molecular weight is 361 g/mol. The van der Waals surface area contributed by atoms with Crippen LogP contribution in [0.5, 0.6) is 0 Å². The number of hydrogen-bond acceptors (Lipinski definition) is 2. The maximum absolute atomic E-state index is 13.2. The maximum atomic E-state index is 13.2. The minimum absolute atomic E-state index is 0.143. The standard InChI is InChI=1S/C22H17ClN2O/c23-19-14-8-7-13-18(19)22(26)25-21(17-11-5-2-6-12-17)15-20(24-25)16-9-3-1-4-10-16/h1-14,21H,15H2/t21-/m1/s1. The van der Waals surface area contributed by atoms with Crippen LogP contribution in [-0.2, 0) is 0 Å². The summed E-state index contributed by atoms with van der Waals surface area (Å²) in [7, 11) is 0. The molecule has 1 atom stereocenters. The van der Waals surface area contributed by atoms with Crippen LogP contribution in [0.2, 0.25) is 5.02 Å². The second-order valence-electron chi connectivity index (χ2n) is 6.17. The van der Waals surface area contributed by atoms with Gasteiger partial charge in [0, 0.05) is 6.42 Å². The zero-order valence-corrected chi connectivity index (χ0v) is 14.8. The highest BCUT2D eigenvalue weighted by atomic mass is 35.5. The number of hydrazone groups is 1. The van der Waals surface area contributed by atoms with Crippen molar-refractivity contribution in [2.45, 2.75) is 12.5 Å². The van der Waals surface area contributed by atoms with Crippen molar-refractivity contribution in [1.82, 2.24) is 5.01 Å². The Bertz CT molecular complexity index is 954. The molecule has 1 heterocycles. The Kier molecular flexibility index (Phi) is 4.55. The lowest BCUT2D eigenvalue weighted by atomic mass is 9.98. The summed E-state index contributed by atoms with van der Waals surface area (Å²) in [6.07, 6.45) is 0.671. The first kappa shape index (κ1) is 16.6. The number of nitrogens with zero attached hydrogens (tertiary/aromatic N) is 2. The number of benzene rings is 3. The van der Waals surface area contributed by atoms with E-state index in [0.717, 1.165) is 16.8 Å². The number of halogens is 1. The van der Waals surface area contributed by atoms with E-state index >= 15 is 0 Å². The van der Waals surface area contributed by atoms with Crippen molar-refractivity contribution in [1.29, 1.82) is 0 Å². The lowest BCUT2D eigenvalue weighted by Crippen LogP contribution is -2.27. The largest absolute Gasteiger partial charge is 0.276 e. The van der Waals surface area contributed by atoms with Crippen molar-refractivity contribution < 1.29 is 4.79 Å². The molecule has 0 unspecified atom stereocenters. The molecular weight excluding hydrogens is 344 g/mol. The minimum Gasteiger partial charge on any atom is -0.267 e. The molecule has 0 N–H and O–H groups in total. The van der Waals surface area contributed by atoms with E-state index in [1.54, 1.807) is 17.1 Å². The van der Waals surface area contributed by atoms with E-state index < -0.39 is 0 Å². The summed E-state index contributed by atoms with van der Waals surface area (Å²) in [4.78, 5) is 13.2. The highest BCUT2D eigenvalue weighted by Gasteiger charge is 2.34. The molecule has 0 bridgehead atoms. The van der Waals surface area contributed by atoms with Gasteiger partial charge in [0.05, 0.1) is 22.3 Å². The Morgan fingerprint density at radius 1 is 0.885 bits per heavy atom. The van der Waals surface area contributed by atoms with Crippen molar-refractivity contribution in [2.75, 3.05) is 0 Å². The maximum Gasteiger partial charge on any atom is 0.276 e. The fraction of sp³-hybridized carbons (Fsp3) is 0.0909. The fourth-order valence-corrected chi connectivity index (χ4v) is 3.41. The van der Waals surface area contributed by atoms with Gasteiger partial charge in [-0.3, -0.25) is 4.79 Å². The highest BCUT2D eigenvalue weighted by Crippen LogP contribution is 2.34. The molecule has 1 aliphatic rings. The molecule has 3 nitrogen and oxygen atoms in total. The molecule has 3 aromatic rings. The predicted octanol–water partition coefficient (Wildman–Crippen LogP) is 5.33. The predicted molar refractivity (Wildman–Crippen MR) is 104 cm³/mol. The van der Waals surface area contributed by atoms with E-state index in [-0.39, 0.29) is 11.9 Å². The third-order valence-electron chi connectivity index (χ3n) is 4.51. The quantitative estimate of drug-likeness (QED) is 0.621. The van der Waals surface area contributed by atoms with Crippen LogP contribution in [0.4, 0.5) is 0 Å². The van der Waals surface area contributed by atoms with Gasteiger partial charge in [0.25, 0.3) is 5.91 Å². The number of hydrogen-bond donors (Lipinski definition) is 0. The van der Waals surface area contributed by atoms with E-state index in [2.05, 4.69) is 5.10 Å². The molecule has 4 rings (SSSR count). The summed E-state index contributed by atoms with van der Waals surface area (Å²) < 4.78 is 0. The van der Waals surface area contributed by atoms with Crippen LogP contribution in [-0.4, -0.2) is 16.6 Å². The number of amides is 1. The molecule has 128 valence electrons. The Labute approximate surface area is 157 Å². The van der Waals surface area contributed by atoms with Crippen LogP contribution in [0.15, 0.2) is 90.0 Å². The van der Waals surface area contributed by atoms with Gasteiger partial charge in [-0.05, 0) is 23.3 Å². The van der Waals surface area contributed by atoms with Crippen LogP contribution >= 0.6 is 11.6 Å². The molecule has 3 aromatic carbocycles. The van der Waals surface area contributed by atoms with Crippen molar-refractivity contribution >= 4 is 23.2 Å². The van der Waals surface area contributed by atoms with Crippen molar-refractivity contribution in [2.24, 2.45) is 5.10 Å². The van der Waals surface area contributed by atoms with Crippen LogP contribution in [0.3, 0.4) is 0 Å². The van der Waals surface area contributed by atoms with Crippen LogP contribution in [0, 0.1) is 0 Å². The van der Waals surface area contributed by atoms with Gasteiger partial charge in [-0.15, -0.1) is 0 Å². The van der Waals surface area contributed by atoms with Gasteiger partial charge in [0.1, 0.15) is 0 Å². The van der Waals surface area contributed by atoms with E-state index in [0.29, 0.717) is 17.0 Å². The van der Waals surface area contributed by atoms with E-state index in [4.69, 9.17) is 11.6 Å². The molecule has 26 heavy (non-hydrogen) atoms. The van der Waals surface area contributed by atoms with Crippen molar-refractivity contribution in [3.05, 3.63) is 107 Å². The Balaban J connectivity index is 1.75. The first-order valence-corrected chi connectivity index (χ1v) is 8.88. The summed E-state index contributed by atoms with van der Waals surface area (Å²) in [6.45, 7) is 0. The lowest BCUT2D eigenvalue weighted by molar-refractivity contribution is 0.0711. The first-order chi connectivity index (χ1) is 12.7. The monoisotopic (exact) mass is 360 g/mol. The molecule has 1 amide bonds. The normalized spacial score (nSPS) is 16.4. The van der Waals surface area contributed by atoms with Crippen LogP contribution in [0.1, 0.15) is 33.9 Å².